The Morgan fingerprint density at radius 3 is 2.50 bits per heavy atom. The summed E-state index contributed by atoms with van der Waals surface area (Å²) in [7, 11) is 0. The molecule has 1 aromatic carbocycles. The van der Waals surface area contributed by atoms with Crippen molar-refractivity contribution in [1.82, 2.24) is 9.55 Å². The highest BCUT2D eigenvalue weighted by Gasteiger charge is 2.21. The number of imidazole rings is 1. The van der Waals surface area contributed by atoms with Gasteiger partial charge in [-0.25, -0.2) is 4.98 Å². The fourth-order valence-electron chi connectivity index (χ4n) is 2.68. The molecule has 2 unspecified atom stereocenters. The molecule has 4 heteroatoms. The second kappa shape index (κ2) is 5.94. The van der Waals surface area contributed by atoms with Crippen molar-refractivity contribution in [3.8, 4) is 0 Å². The minimum Gasteiger partial charge on any atom is -0.394 e. The Labute approximate surface area is 120 Å². The number of rotatable bonds is 5. The normalized spacial score (nSPS) is 14.9. The summed E-state index contributed by atoms with van der Waals surface area (Å²) in [4.78, 5) is 4.45. The fourth-order valence-corrected chi connectivity index (χ4v) is 2.68. The summed E-state index contributed by atoms with van der Waals surface area (Å²) < 4.78 is 2.02. The largest absolute Gasteiger partial charge is 0.394 e. The first-order valence-corrected chi connectivity index (χ1v) is 7.24. The number of benzene rings is 1. The topological polar surface area (TPSA) is 64.1 Å². The molecule has 0 saturated carbocycles. The smallest absolute Gasteiger partial charge is 0.0962 e. The zero-order valence-corrected chi connectivity index (χ0v) is 12.8. The van der Waals surface area contributed by atoms with Crippen molar-refractivity contribution in [2.24, 2.45) is 11.7 Å². The van der Waals surface area contributed by atoms with Crippen LogP contribution in [0.3, 0.4) is 0 Å². The molecule has 0 aliphatic carbocycles. The van der Waals surface area contributed by atoms with E-state index in [-0.39, 0.29) is 18.7 Å². The van der Waals surface area contributed by atoms with Crippen LogP contribution in [-0.2, 0) is 0 Å². The molecule has 1 heterocycles. The van der Waals surface area contributed by atoms with Crippen LogP contribution in [0.2, 0.25) is 0 Å². The molecular weight excluding hydrogens is 250 g/mol. The molecule has 2 aromatic rings. The number of hydrogen-bond donors (Lipinski definition) is 2. The van der Waals surface area contributed by atoms with Crippen LogP contribution in [0.5, 0.6) is 0 Å². The van der Waals surface area contributed by atoms with Gasteiger partial charge in [-0.05, 0) is 49.4 Å². The standard InChI is InChI=1S/C16H25N3O/c1-10(2)5-13(17)16(8-20)19-9-18-14-6-11(3)12(4)7-15(14)19/h6-7,9-10,13,16,20H,5,8,17H2,1-4H3. The number of nitrogens with two attached hydrogens (primary N) is 1. The Bertz CT molecular complexity index is 589. The van der Waals surface area contributed by atoms with Crippen molar-refractivity contribution < 1.29 is 5.11 Å². The minimum absolute atomic E-state index is 0.0340. The summed E-state index contributed by atoms with van der Waals surface area (Å²) in [5, 5.41) is 9.74. The lowest BCUT2D eigenvalue weighted by Crippen LogP contribution is -2.35. The van der Waals surface area contributed by atoms with E-state index in [1.54, 1.807) is 6.33 Å². The predicted octanol–water partition coefficient (Wildman–Crippen LogP) is 2.56. The Hall–Kier alpha value is -1.39. The lowest BCUT2D eigenvalue weighted by Gasteiger charge is -2.25. The van der Waals surface area contributed by atoms with Crippen LogP contribution >= 0.6 is 0 Å². The number of fused-ring (bicyclic) bond motifs is 1. The van der Waals surface area contributed by atoms with Crippen LogP contribution in [0, 0.1) is 19.8 Å². The first-order valence-electron chi connectivity index (χ1n) is 7.24. The van der Waals surface area contributed by atoms with Crippen LogP contribution in [0.4, 0.5) is 0 Å². The molecule has 0 saturated heterocycles. The Kier molecular flexibility index (Phi) is 4.45. The van der Waals surface area contributed by atoms with E-state index in [1.807, 2.05) is 4.57 Å². The maximum Gasteiger partial charge on any atom is 0.0962 e. The third-order valence-electron chi connectivity index (χ3n) is 3.97. The van der Waals surface area contributed by atoms with Gasteiger partial charge in [0.1, 0.15) is 0 Å². The summed E-state index contributed by atoms with van der Waals surface area (Å²) in [6.45, 7) is 8.50. The highest BCUT2D eigenvalue weighted by molar-refractivity contribution is 5.77. The third kappa shape index (κ3) is 2.86. The molecule has 0 radical (unpaired) electrons. The maximum atomic E-state index is 9.74. The number of aromatic nitrogens is 2. The zero-order valence-electron chi connectivity index (χ0n) is 12.8. The van der Waals surface area contributed by atoms with E-state index in [0.717, 1.165) is 17.5 Å². The average Bonchev–Trinajstić information content (AvgIpc) is 2.73. The van der Waals surface area contributed by atoms with Gasteiger partial charge >= 0.3 is 0 Å². The summed E-state index contributed by atoms with van der Waals surface area (Å²) in [5.41, 5.74) is 10.7. The van der Waals surface area contributed by atoms with E-state index < -0.39 is 0 Å². The van der Waals surface area contributed by atoms with Crippen LogP contribution < -0.4 is 5.73 Å². The number of nitrogens with zero attached hydrogens (tertiary/aromatic N) is 2. The van der Waals surface area contributed by atoms with Gasteiger partial charge in [0.15, 0.2) is 0 Å². The summed E-state index contributed by atoms with van der Waals surface area (Å²) in [6, 6.07) is 4.02. The van der Waals surface area contributed by atoms with Crippen LogP contribution in [0.15, 0.2) is 18.5 Å². The molecule has 3 N–H and O–H groups in total. The highest BCUT2D eigenvalue weighted by atomic mass is 16.3. The molecule has 0 aliphatic heterocycles. The first kappa shape index (κ1) is 15.0. The quantitative estimate of drug-likeness (QED) is 0.881. The molecule has 4 nitrogen and oxygen atoms in total. The van der Waals surface area contributed by atoms with Crippen molar-refractivity contribution in [3.63, 3.8) is 0 Å². The van der Waals surface area contributed by atoms with Gasteiger partial charge in [0, 0.05) is 6.04 Å². The van der Waals surface area contributed by atoms with Gasteiger partial charge in [-0.1, -0.05) is 13.8 Å². The Balaban J connectivity index is 2.42. The van der Waals surface area contributed by atoms with Crippen molar-refractivity contribution in [3.05, 3.63) is 29.6 Å². The van der Waals surface area contributed by atoms with E-state index in [9.17, 15) is 5.11 Å². The van der Waals surface area contributed by atoms with Crippen LogP contribution in [0.25, 0.3) is 11.0 Å². The van der Waals surface area contributed by atoms with Crippen molar-refractivity contribution >= 4 is 11.0 Å². The molecule has 0 amide bonds. The second-order valence-corrected chi connectivity index (χ2v) is 6.12. The SMILES string of the molecule is Cc1cc2ncn(C(CO)C(N)CC(C)C)c2cc1C. The maximum absolute atomic E-state index is 9.74. The monoisotopic (exact) mass is 275 g/mol. The number of aliphatic hydroxyl groups excluding tert-OH is 1. The molecule has 0 fully saturated rings. The van der Waals surface area contributed by atoms with Gasteiger partial charge in [0.25, 0.3) is 0 Å². The molecule has 0 bridgehead atoms. The van der Waals surface area contributed by atoms with Crippen molar-refractivity contribution in [1.29, 1.82) is 0 Å². The van der Waals surface area contributed by atoms with E-state index >= 15 is 0 Å². The second-order valence-electron chi connectivity index (χ2n) is 6.12. The van der Waals surface area contributed by atoms with Gasteiger partial charge < -0.3 is 15.4 Å². The lowest BCUT2D eigenvalue weighted by atomic mass is 9.98. The first-order chi connectivity index (χ1) is 9.43. The van der Waals surface area contributed by atoms with E-state index in [1.165, 1.54) is 11.1 Å². The van der Waals surface area contributed by atoms with Crippen LogP contribution in [-0.4, -0.2) is 27.3 Å². The molecule has 0 aliphatic rings. The summed E-state index contributed by atoms with van der Waals surface area (Å²) in [6.07, 6.45) is 2.68. The van der Waals surface area contributed by atoms with Gasteiger partial charge in [-0.15, -0.1) is 0 Å². The van der Waals surface area contributed by atoms with Gasteiger partial charge in [-0.2, -0.15) is 0 Å². The number of aliphatic hydroxyl groups is 1. The predicted molar refractivity (Wildman–Crippen MR) is 82.8 cm³/mol. The molecular formula is C16H25N3O. The van der Waals surface area contributed by atoms with Gasteiger partial charge in [0.05, 0.1) is 30.0 Å². The van der Waals surface area contributed by atoms with Gasteiger partial charge in [-0.3, -0.25) is 0 Å². The molecule has 1 aromatic heterocycles. The Morgan fingerprint density at radius 2 is 1.90 bits per heavy atom. The average molecular weight is 275 g/mol. The zero-order chi connectivity index (χ0) is 14.9. The molecule has 0 spiro atoms. The number of hydrogen-bond acceptors (Lipinski definition) is 3. The molecule has 2 atom stereocenters. The lowest BCUT2D eigenvalue weighted by molar-refractivity contribution is 0.200. The van der Waals surface area contributed by atoms with Gasteiger partial charge in [0.2, 0.25) is 0 Å². The minimum atomic E-state index is -0.121. The summed E-state index contributed by atoms with van der Waals surface area (Å²) in [5.74, 6) is 0.512. The van der Waals surface area contributed by atoms with E-state index in [2.05, 4.69) is 44.8 Å². The molecule has 110 valence electrons. The van der Waals surface area contributed by atoms with Crippen LogP contribution in [0.1, 0.15) is 37.4 Å². The molecule has 2 rings (SSSR count). The molecule has 20 heavy (non-hydrogen) atoms. The van der Waals surface area contributed by atoms with E-state index in [0.29, 0.717) is 5.92 Å². The van der Waals surface area contributed by atoms with Crippen molar-refractivity contribution in [2.45, 2.75) is 46.2 Å². The number of aryl methyl sites for hydroxylation is 2. The van der Waals surface area contributed by atoms with Crippen molar-refractivity contribution in [2.75, 3.05) is 6.61 Å². The fraction of sp³-hybridized carbons (Fsp3) is 0.562. The Morgan fingerprint density at radius 1 is 1.25 bits per heavy atom. The third-order valence-corrected chi connectivity index (χ3v) is 3.97. The highest BCUT2D eigenvalue weighted by Crippen LogP contribution is 2.24. The summed E-state index contributed by atoms with van der Waals surface area (Å²) >= 11 is 0. The van der Waals surface area contributed by atoms with E-state index in [4.69, 9.17) is 5.73 Å².